The number of likely N-dealkylation sites (tertiary alicyclic amines) is 1. The van der Waals surface area contributed by atoms with E-state index in [1.807, 2.05) is 13.8 Å². The first-order chi connectivity index (χ1) is 8.00. The fraction of sp³-hybridized carbons (Fsp3) is 0.929. The lowest BCUT2D eigenvalue weighted by Gasteiger charge is -2.40. The Morgan fingerprint density at radius 1 is 1.41 bits per heavy atom. The molecule has 1 fully saturated rings. The first-order valence-electron chi connectivity index (χ1n) is 6.78. The van der Waals surface area contributed by atoms with E-state index in [0.29, 0.717) is 12.1 Å². The molecule has 98 valence electrons. The third kappa shape index (κ3) is 4.29. The van der Waals surface area contributed by atoms with Crippen LogP contribution < -0.4 is 0 Å². The molecule has 1 N–H and O–H groups in total. The second-order valence-corrected chi connectivity index (χ2v) is 5.95. The fourth-order valence-electron chi connectivity index (χ4n) is 2.70. The highest BCUT2D eigenvalue weighted by atomic mass is 16.3. The number of piperidine rings is 1. The Morgan fingerprint density at radius 2 is 2.12 bits per heavy atom. The van der Waals surface area contributed by atoms with Gasteiger partial charge in [0.2, 0.25) is 0 Å². The molecule has 2 unspecified atom stereocenters. The molecule has 0 aromatic rings. The summed E-state index contributed by atoms with van der Waals surface area (Å²) in [6.07, 6.45) is 5.56. The molecule has 17 heavy (non-hydrogen) atoms. The van der Waals surface area contributed by atoms with Gasteiger partial charge in [-0.05, 0) is 53.0 Å². The standard InChI is InChI=1S/C14H26N2O/c1-12-6-4-7-13(10-17)16(12)9-5-8-14(2,3)11-15/h12-13,17H,4-10H2,1-3H3. The van der Waals surface area contributed by atoms with Crippen LogP contribution in [-0.2, 0) is 0 Å². The van der Waals surface area contributed by atoms with Crippen LogP contribution in [0.25, 0.3) is 0 Å². The van der Waals surface area contributed by atoms with Crippen molar-refractivity contribution in [2.45, 2.75) is 65.0 Å². The predicted octanol–water partition coefficient (Wildman–Crippen LogP) is 2.55. The quantitative estimate of drug-likeness (QED) is 0.800. The summed E-state index contributed by atoms with van der Waals surface area (Å²) in [6.45, 7) is 7.52. The van der Waals surface area contributed by atoms with Crippen LogP contribution in [0.4, 0.5) is 0 Å². The second kappa shape index (κ2) is 6.37. The van der Waals surface area contributed by atoms with Crippen LogP contribution in [0.3, 0.4) is 0 Å². The molecule has 2 atom stereocenters. The summed E-state index contributed by atoms with van der Waals surface area (Å²) in [7, 11) is 0. The van der Waals surface area contributed by atoms with Crippen molar-refractivity contribution in [2.75, 3.05) is 13.2 Å². The topological polar surface area (TPSA) is 47.3 Å². The van der Waals surface area contributed by atoms with Crippen molar-refractivity contribution >= 4 is 0 Å². The number of hydrogen-bond donors (Lipinski definition) is 1. The molecule has 1 aliphatic rings. The molecule has 1 aliphatic heterocycles. The average molecular weight is 238 g/mol. The molecular weight excluding hydrogens is 212 g/mol. The Morgan fingerprint density at radius 3 is 2.71 bits per heavy atom. The van der Waals surface area contributed by atoms with E-state index in [-0.39, 0.29) is 12.0 Å². The Hall–Kier alpha value is -0.590. The molecule has 0 aromatic carbocycles. The van der Waals surface area contributed by atoms with E-state index in [1.54, 1.807) is 0 Å². The SMILES string of the molecule is CC1CCCC(CO)N1CCCC(C)(C)C#N. The summed E-state index contributed by atoms with van der Waals surface area (Å²) in [5.74, 6) is 0. The summed E-state index contributed by atoms with van der Waals surface area (Å²) in [4.78, 5) is 2.43. The van der Waals surface area contributed by atoms with Crippen molar-refractivity contribution in [3.63, 3.8) is 0 Å². The lowest BCUT2D eigenvalue weighted by Crippen LogP contribution is -2.47. The number of aliphatic hydroxyl groups excluding tert-OH is 1. The zero-order valence-electron chi connectivity index (χ0n) is 11.4. The van der Waals surface area contributed by atoms with E-state index < -0.39 is 0 Å². The summed E-state index contributed by atoms with van der Waals surface area (Å²) >= 11 is 0. The van der Waals surface area contributed by atoms with Crippen LogP contribution >= 0.6 is 0 Å². The molecule has 3 nitrogen and oxygen atoms in total. The van der Waals surface area contributed by atoms with Crippen molar-refractivity contribution in [3.05, 3.63) is 0 Å². The number of nitriles is 1. The number of rotatable bonds is 5. The molecule has 0 spiro atoms. The number of hydrogen-bond acceptors (Lipinski definition) is 3. The molecule has 0 amide bonds. The molecule has 0 aromatic heterocycles. The van der Waals surface area contributed by atoms with Crippen LogP contribution in [0, 0.1) is 16.7 Å². The highest BCUT2D eigenvalue weighted by Crippen LogP contribution is 2.25. The van der Waals surface area contributed by atoms with Gasteiger partial charge in [-0.25, -0.2) is 0 Å². The van der Waals surface area contributed by atoms with Gasteiger partial charge in [-0.1, -0.05) is 6.42 Å². The van der Waals surface area contributed by atoms with Crippen LogP contribution in [0.15, 0.2) is 0 Å². The minimum Gasteiger partial charge on any atom is -0.395 e. The smallest absolute Gasteiger partial charge is 0.0683 e. The van der Waals surface area contributed by atoms with Gasteiger partial charge in [-0.15, -0.1) is 0 Å². The van der Waals surface area contributed by atoms with Gasteiger partial charge in [0, 0.05) is 12.1 Å². The molecule has 0 bridgehead atoms. The third-order valence-electron chi connectivity index (χ3n) is 3.93. The zero-order valence-corrected chi connectivity index (χ0v) is 11.4. The number of aliphatic hydroxyl groups is 1. The summed E-state index contributed by atoms with van der Waals surface area (Å²) in [6, 6.07) is 3.26. The Bertz CT molecular complexity index is 270. The summed E-state index contributed by atoms with van der Waals surface area (Å²) in [5, 5.41) is 18.4. The molecule has 3 heteroatoms. The third-order valence-corrected chi connectivity index (χ3v) is 3.93. The highest BCUT2D eigenvalue weighted by Gasteiger charge is 2.27. The molecule has 0 saturated carbocycles. The minimum atomic E-state index is -0.215. The van der Waals surface area contributed by atoms with Gasteiger partial charge >= 0.3 is 0 Å². The van der Waals surface area contributed by atoms with E-state index in [9.17, 15) is 5.11 Å². The molecule has 1 rings (SSSR count). The van der Waals surface area contributed by atoms with E-state index in [2.05, 4.69) is 17.9 Å². The van der Waals surface area contributed by atoms with E-state index >= 15 is 0 Å². The van der Waals surface area contributed by atoms with E-state index in [4.69, 9.17) is 5.26 Å². The lowest BCUT2D eigenvalue weighted by molar-refractivity contribution is 0.0490. The lowest BCUT2D eigenvalue weighted by atomic mass is 9.89. The maximum Gasteiger partial charge on any atom is 0.0683 e. The summed E-state index contributed by atoms with van der Waals surface area (Å²) in [5.41, 5.74) is -0.215. The van der Waals surface area contributed by atoms with Gasteiger partial charge in [-0.3, -0.25) is 4.90 Å². The Kier molecular flexibility index (Phi) is 5.42. The first-order valence-corrected chi connectivity index (χ1v) is 6.78. The molecule has 0 aliphatic carbocycles. The largest absolute Gasteiger partial charge is 0.395 e. The van der Waals surface area contributed by atoms with Gasteiger partial charge in [-0.2, -0.15) is 5.26 Å². The Balaban J connectivity index is 2.40. The molecular formula is C14H26N2O. The number of nitrogens with zero attached hydrogens (tertiary/aromatic N) is 2. The van der Waals surface area contributed by atoms with E-state index in [0.717, 1.165) is 25.8 Å². The van der Waals surface area contributed by atoms with Gasteiger partial charge in [0.05, 0.1) is 18.1 Å². The predicted molar refractivity (Wildman–Crippen MR) is 69.5 cm³/mol. The first kappa shape index (κ1) is 14.5. The van der Waals surface area contributed by atoms with Gasteiger partial charge in [0.1, 0.15) is 0 Å². The highest BCUT2D eigenvalue weighted by molar-refractivity contribution is 4.92. The van der Waals surface area contributed by atoms with Gasteiger partial charge in [0.25, 0.3) is 0 Å². The van der Waals surface area contributed by atoms with Crippen molar-refractivity contribution in [3.8, 4) is 6.07 Å². The van der Waals surface area contributed by atoms with Gasteiger partial charge in [0.15, 0.2) is 0 Å². The van der Waals surface area contributed by atoms with Crippen LogP contribution in [-0.4, -0.2) is 35.2 Å². The summed E-state index contributed by atoms with van der Waals surface area (Å²) < 4.78 is 0. The molecule has 1 saturated heterocycles. The van der Waals surface area contributed by atoms with Crippen LogP contribution in [0.5, 0.6) is 0 Å². The maximum atomic E-state index is 9.39. The molecule has 0 radical (unpaired) electrons. The van der Waals surface area contributed by atoms with Crippen LogP contribution in [0.2, 0.25) is 0 Å². The average Bonchev–Trinajstić information content (AvgIpc) is 2.31. The Labute approximate surface area is 105 Å². The normalized spacial score (nSPS) is 26.8. The van der Waals surface area contributed by atoms with Crippen molar-refractivity contribution in [1.29, 1.82) is 5.26 Å². The monoisotopic (exact) mass is 238 g/mol. The van der Waals surface area contributed by atoms with Crippen molar-refractivity contribution in [2.24, 2.45) is 5.41 Å². The molecule has 1 heterocycles. The van der Waals surface area contributed by atoms with Gasteiger partial charge < -0.3 is 5.11 Å². The maximum absolute atomic E-state index is 9.39. The minimum absolute atomic E-state index is 0.215. The van der Waals surface area contributed by atoms with Crippen LogP contribution in [0.1, 0.15) is 52.9 Å². The second-order valence-electron chi connectivity index (χ2n) is 5.95. The van der Waals surface area contributed by atoms with Crippen molar-refractivity contribution in [1.82, 2.24) is 4.90 Å². The zero-order chi connectivity index (χ0) is 12.9. The van der Waals surface area contributed by atoms with E-state index in [1.165, 1.54) is 12.8 Å². The van der Waals surface area contributed by atoms with Crippen molar-refractivity contribution < 1.29 is 5.11 Å². The fourth-order valence-corrected chi connectivity index (χ4v) is 2.70.